The zero-order valence-corrected chi connectivity index (χ0v) is 14.3. The maximum absolute atomic E-state index is 11.8. The van der Waals surface area contributed by atoms with Crippen LogP contribution >= 0.6 is 0 Å². The quantitative estimate of drug-likeness (QED) is 0.634. The standard InChI is InChI=1S/C18H22N2O5/c1-24-11-7-15-14(16(8-11)25-2)6-10(20-15)4-3-5-19-17(21)12-9-13(12)18(22)23/h6-8,12-13,20H,3-5,9H2,1-2H3,(H,19,21)(H,22,23). The van der Waals surface area contributed by atoms with Crippen molar-refractivity contribution < 1.29 is 24.2 Å². The van der Waals surface area contributed by atoms with E-state index >= 15 is 0 Å². The normalized spacial score (nSPS) is 18.8. The van der Waals surface area contributed by atoms with Crippen molar-refractivity contribution in [1.82, 2.24) is 10.3 Å². The number of aromatic amines is 1. The van der Waals surface area contributed by atoms with E-state index in [0.29, 0.717) is 13.0 Å². The van der Waals surface area contributed by atoms with Gasteiger partial charge in [-0.3, -0.25) is 9.59 Å². The van der Waals surface area contributed by atoms with Crippen LogP contribution in [0, 0.1) is 11.8 Å². The molecule has 134 valence electrons. The van der Waals surface area contributed by atoms with Crippen LogP contribution in [-0.2, 0) is 16.0 Å². The summed E-state index contributed by atoms with van der Waals surface area (Å²) in [6.45, 7) is 0.525. The second-order valence-corrected chi connectivity index (χ2v) is 6.27. The molecular weight excluding hydrogens is 324 g/mol. The molecule has 1 saturated carbocycles. The lowest BCUT2D eigenvalue weighted by molar-refractivity contribution is -0.140. The summed E-state index contributed by atoms with van der Waals surface area (Å²) < 4.78 is 10.7. The minimum atomic E-state index is -0.886. The maximum Gasteiger partial charge on any atom is 0.307 e. The van der Waals surface area contributed by atoms with Crippen LogP contribution in [0.4, 0.5) is 0 Å². The second kappa shape index (κ2) is 7.04. The highest BCUT2D eigenvalue weighted by molar-refractivity contribution is 5.89. The molecule has 1 fully saturated rings. The molecule has 1 aliphatic carbocycles. The highest BCUT2D eigenvalue weighted by atomic mass is 16.5. The molecule has 0 aliphatic heterocycles. The number of ether oxygens (including phenoxy) is 2. The Morgan fingerprint density at radius 1 is 1.24 bits per heavy atom. The summed E-state index contributed by atoms with van der Waals surface area (Å²) in [6, 6.07) is 5.80. The van der Waals surface area contributed by atoms with Crippen LogP contribution in [-0.4, -0.2) is 42.7 Å². The highest BCUT2D eigenvalue weighted by Gasteiger charge is 2.48. The van der Waals surface area contributed by atoms with E-state index in [-0.39, 0.29) is 11.8 Å². The van der Waals surface area contributed by atoms with Crippen LogP contribution in [0.3, 0.4) is 0 Å². The van der Waals surface area contributed by atoms with Gasteiger partial charge in [-0.05, 0) is 25.3 Å². The number of fused-ring (bicyclic) bond motifs is 1. The Morgan fingerprint density at radius 2 is 2.04 bits per heavy atom. The molecule has 7 heteroatoms. The number of aryl methyl sites for hydroxylation is 1. The molecule has 7 nitrogen and oxygen atoms in total. The van der Waals surface area contributed by atoms with Crippen molar-refractivity contribution >= 4 is 22.8 Å². The Hall–Kier alpha value is -2.70. The van der Waals surface area contributed by atoms with E-state index in [9.17, 15) is 9.59 Å². The van der Waals surface area contributed by atoms with Gasteiger partial charge >= 0.3 is 5.97 Å². The molecule has 1 aromatic heterocycles. The number of H-pyrrole nitrogens is 1. The van der Waals surface area contributed by atoms with Gasteiger partial charge in [0.1, 0.15) is 11.5 Å². The zero-order chi connectivity index (χ0) is 18.0. The number of methoxy groups -OCH3 is 2. The van der Waals surface area contributed by atoms with Gasteiger partial charge in [-0.2, -0.15) is 0 Å². The number of carboxylic acid groups (broad SMARTS) is 1. The Labute approximate surface area is 145 Å². The lowest BCUT2D eigenvalue weighted by atomic mass is 10.2. The Bertz CT molecular complexity index is 798. The van der Waals surface area contributed by atoms with Crippen molar-refractivity contribution in [3.8, 4) is 11.5 Å². The van der Waals surface area contributed by atoms with Crippen LogP contribution in [0.15, 0.2) is 18.2 Å². The molecule has 0 spiro atoms. The van der Waals surface area contributed by atoms with E-state index in [1.165, 1.54) is 0 Å². The van der Waals surface area contributed by atoms with E-state index in [1.54, 1.807) is 14.2 Å². The van der Waals surface area contributed by atoms with E-state index in [4.69, 9.17) is 14.6 Å². The van der Waals surface area contributed by atoms with Gasteiger partial charge in [-0.15, -0.1) is 0 Å². The van der Waals surface area contributed by atoms with Gasteiger partial charge in [0.25, 0.3) is 0 Å². The number of carbonyl (C=O) groups is 2. The van der Waals surface area contributed by atoms with Crippen molar-refractivity contribution in [3.05, 3.63) is 23.9 Å². The second-order valence-electron chi connectivity index (χ2n) is 6.27. The molecular formula is C18H22N2O5. The average Bonchev–Trinajstić information content (AvgIpc) is 3.31. The first-order chi connectivity index (χ1) is 12.0. The van der Waals surface area contributed by atoms with Crippen molar-refractivity contribution in [1.29, 1.82) is 0 Å². The third-order valence-electron chi connectivity index (χ3n) is 4.55. The van der Waals surface area contributed by atoms with Crippen LogP contribution in [0.25, 0.3) is 10.9 Å². The largest absolute Gasteiger partial charge is 0.497 e. The number of nitrogens with one attached hydrogen (secondary N) is 2. The minimum Gasteiger partial charge on any atom is -0.497 e. The molecule has 0 bridgehead atoms. The lowest BCUT2D eigenvalue weighted by Crippen LogP contribution is -2.27. The van der Waals surface area contributed by atoms with Crippen LogP contribution < -0.4 is 14.8 Å². The van der Waals surface area contributed by atoms with Gasteiger partial charge in [-0.25, -0.2) is 0 Å². The number of rotatable bonds is 8. The molecule has 1 aromatic carbocycles. The molecule has 2 atom stereocenters. The Morgan fingerprint density at radius 3 is 2.68 bits per heavy atom. The molecule has 3 rings (SSSR count). The molecule has 2 unspecified atom stereocenters. The summed E-state index contributed by atoms with van der Waals surface area (Å²) in [5.41, 5.74) is 1.99. The third-order valence-corrected chi connectivity index (χ3v) is 4.55. The minimum absolute atomic E-state index is 0.157. The maximum atomic E-state index is 11.8. The average molecular weight is 346 g/mol. The molecule has 25 heavy (non-hydrogen) atoms. The number of aromatic nitrogens is 1. The zero-order valence-electron chi connectivity index (χ0n) is 14.3. The summed E-state index contributed by atoms with van der Waals surface area (Å²) in [5, 5.41) is 12.6. The van der Waals surface area contributed by atoms with Gasteiger partial charge in [0, 0.05) is 29.8 Å². The van der Waals surface area contributed by atoms with Crippen molar-refractivity contribution in [2.24, 2.45) is 11.8 Å². The summed E-state index contributed by atoms with van der Waals surface area (Å²) in [4.78, 5) is 25.9. The number of aliphatic carboxylic acids is 1. The van der Waals surface area contributed by atoms with Gasteiger partial charge in [0.15, 0.2) is 0 Å². The number of hydrogen-bond acceptors (Lipinski definition) is 4. The molecule has 0 saturated heterocycles. The first-order valence-corrected chi connectivity index (χ1v) is 8.27. The molecule has 1 amide bonds. The van der Waals surface area contributed by atoms with Crippen LogP contribution in [0.1, 0.15) is 18.5 Å². The van der Waals surface area contributed by atoms with Gasteiger partial charge < -0.3 is 24.9 Å². The number of hydrogen-bond donors (Lipinski definition) is 3. The van der Waals surface area contributed by atoms with Crippen molar-refractivity contribution in [2.75, 3.05) is 20.8 Å². The third kappa shape index (κ3) is 3.70. The van der Waals surface area contributed by atoms with E-state index < -0.39 is 11.9 Å². The number of carboxylic acids is 1. The van der Waals surface area contributed by atoms with Crippen LogP contribution in [0.5, 0.6) is 11.5 Å². The molecule has 1 aliphatic rings. The van der Waals surface area contributed by atoms with Crippen molar-refractivity contribution in [3.63, 3.8) is 0 Å². The van der Waals surface area contributed by atoms with E-state index in [0.717, 1.165) is 40.9 Å². The SMILES string of the molecule is COc1cc(OC)c2cc(CCCNC(=O)C3CC3C(=O)O)[nH]c2c1. The molecule has 1 heterocycles. The number of amides is 1. The summed E-state index contributed by atoms with van der Waals surface area (Å²) >= 11 is 0. The predicted molar refractivity (Wildman–Crippen MR) is 92.0 cm³/mol. The summed E-state index contributed by atoms with van der Waals surface area (Å²) in [5.74, 6) is -0.433. The molecule has 0 radical (unpaired) electrons. The topological polar surface area (TPSA) is 101 Å². The van der Waals surface area contributed by atoms with Gasteiger partial charge in [0.2, 0.25) is 5.91 Å². The fourth-order valence-electron chi connectivity index (χ4n) is 3.04. The summed E-state index contributed by atoms with van der Waals surface area (Å²) in [7, 11) is 3.24. The first kappa shape index (κ1) is 17.1. The smallest absolute Gasteiger partial charge is 0.307 e. The van der Waals surface area contributed by atoms with Crippen LogP contribution in [0.2, 0.25) is 0 Å². The Kier molecular flexibility index (Phi) is 4.83. The fourth-order valence-corrected chi connectivity index (χ4v) is 3.04. The highest BCUT2D eigenvalue weighted by Crippen LogP contribution is 2.38. The molecule has 3 N–H and O–H groups in total. The molecule has 2 aromatic rings. The van der Waals surface area contributed by atoms with Crippen molar-refractivity contribution in [2.45, 2.75) is 19.3 Å². The fraction of sp³-hybridized carbons (Fsp3) is 0.444. The summed E-state index contributed by atoms with van der Waals surface area (Å²) in [6.07, 6.45) is 1.99. The lowest BCUT2D eigenvalue weighted by Gasteiger charge is -2.04. The number of carbonyl (C=O) groups excluding carboxylic acids is 1. The predicted octanol–water partition coefficient (Wildman–Crippen LogP) is 1.95. The van der Waals surface area contributed by atoms with E-state index in [2.05, 4.69) is 10.3 Å². The van der Waals surface area contributed by atoms with Gasteiger partial charge in [-0.1, -0.05) is 0 Å². The van der Waals surface area contributed by atoms with E-state index in [1.807, 2.05) is 18.2 Å². The number of benzene rings is 1. The van der Waals surface area contributed by atoms with Gasteiger partial charge in [0.05, 0.1) is 31.6 Å². The monoisotopic (exact) mass is 346 g/mol. The first-order valence-electron chi connectivity index (χ1n) is 8.27. The Balaban J connectivity index is 1.53.